The predicted molar refractivity (Wildman–Crippen MR) is 69.2 cm³/mol. The van der Waals surface area contributed by atoms with Gasteiger partial charge in [-0.15, -0.1) is 23.7 Å². The second-order valence-corrected chi connectivity index (χ2v) is 5.26. The smallest absolute Gasteiger partial charge is 0.0798 e. The molecule has 2 rings (SSSR count). The van der Waals surface area contributed by atoms with Crippen molar-refractivity contribution in [1.29, 1.82) is 0 Å². The molecule has 5 heteroatoms. The van der Waals surface area contributed by atoms with E-state index in [2.05, 4.69) is 10.3 Å². The van der Waals surface area contributed by atoms with Crippen LogP contribution in [-0.4, -0.2) is 22.2 Å². The molecule has 0 aromatic carbocycles. The van der Waals surface area contributed by atoms with Crippen molar-refractivity contribution >= 4 is 23.7 Å². The Balaban J connectivity index is 0.00000128. The Kier molecular flexibility index (Phi) is 5.18. The highest BCUT2D eigenvalue weighted by atomic mass is 35.5. The number of nitrogens with one attached hydrogen (secondary N) is 1. The van der Waals surface area contributed by atoms with Crippen LogP contribution >= 0.6 is 23.7 Å². The van der Waals surface area contributed by atoms with Crippen LogP contribution in [0.5, 0.6) is 0 Å². The van der Waals surface area contributed by atoms with Crippen molar-refractivity contribution in [3.63, 3.8) is 0 Å². The van der Waals surface area contributed by atoms with Crippen molar-refractivity contribution in [2.24, 2.45) is 0 Å². The SMILES string of the molecule is Cc1ncsc1CNC1(CCO)CCC1.Cl. The van der Waals surface area contributed by atoms with Crippen molar-refractivity contribution in [2.75, 3.05) is 6.61 Å². The minimum absolute atomic E-state index is 0. The van der Waals surface area contributed by atoms with E-state index in [0.717, 1.165) is 18.7 Å². The van der Waals surface area contributed by atoms with Gasteiger partial charge in [0.05, 0.1) is 11.2 Å². The van der Waals surface area contributed by atoms with Gasteiger partial charge in [-0.05, 0) is 32.6 Å². The average molecular weight is 263 g/mol. The summed E-state index contributed by atoms with van der Waals surface area (Å²) in [5.74, 6) is 0. The number of hydrogen-bond acceptors (Lipinski definition) is 4. The number of aryl methyl sites for hydroxylation is 1. The van der Waals surface area contributed by atoms with E-state index in [1.807, 2.05) is 12.4 Å². The third-order valence-electron chi connectivity index (χ3n) is 3.37. The Labute approximate surface area is 107 Å². The highest BCUT2D eigenvalue weighted by Crippen LogP contribution is 2.35. The number of halogens is 1. The molecule has 1 aromatic rings. The molecule has 1 saturated carbocycles. The Morgan fingerprint density at radius 3 is 2.75 bits per heavy atom. The maximum atomic E-state index is 9.03. The van der Waals surface area contributed by atoms with Crippen LogP contribution in [0.15, 0.2) is 5.51 Å². The molecule has 0 saturated heterocycles. The molecule has 16 heavy (non-hydrogen) atoms. The zero-order chi connectivity index (χ0) is 10.7. The number of aromatic nitrogens is 1. The summed E-state index contributed by atoms with van der Waals surface area (Å²) in [5, 5.41) is 12.6. The molecule has 3 nitrogen and oxygen atoms in total. The Morgan fingerprint density at radius 1 is 1.56 bits per heavy atom. The molecule has 0 radical (unpaired) electrons. The van der Waals surface area contributed by atoms with Crippen molar-refractivity contribution in [2.45, 2.75) is 44.7 Å². The molecule has 0 unspecified atom stereocenters. The van der Waals surface area contributed by atoms with Gasteiger partial charge >= 0.3 is 0 Å². The first-order chi connectivity index (χ1) is 7.26. The fraction of sp³-hybridized carbons (Fsp3) is 0.727. The minimum Gasteiger partial charge on any atom is -0.396 e. The van der Waals surface area contributed by atoms with Gasteiger partial charge in [-0.3, -0.25) is 0 Å². The van der Waals surface area contributed by atoms with Crippen molar-refractivity contribution in [3.05, 3.63) is 16.1 Å². The minimum atomic E-state index is 0. The van der Waals surface area contributed by atoms with Crippen LogP contribution in [0, 0.1) is 6.92 Å². The topological polar surface area (TPSA) is 45.2 Å². The lowest BCUT2D eigenvalue weighted by Crippen LogP contribution is -2.51. The lowest BCUT2D eigenvalue weighted by molar-refractivity contribution is 0.130. The van der Waals surface area contributed by atoms with Gasteiger partial charge in [-0.2, -0.15) is 0 Å². The first kappa shape index (κ1) is 13.9. The quantitative estimate of drug-likeness (QED) is 0.856. The lowest BCUT2D eigenvalue weighted by Gasteiger charge is -2.42. The van der Waals surface area contributed by atoms with Crippen molar-refractivity contribution in [3.8, 4) is 0 Å². The van der Waals surface area contributed by atoms with E-state index in [1.54, 1.807) is 11.3 Å². The highest BCUT2D eigenvalue weighted by molar-refractivity contribution is 7.09. The fourth-order valence-electron chi connectivity index (χ4n) is 2.10. The van der Waals surface area contributed by atoms with Crippen LogP contribution in [0.2, 0.25) is 0 Å². The molecule has 2 N–H and O–H groups in total. The normalized spacial score (nSPS) is 17.6. The van der Waals surface area contributed by atoms with Gasteiger partial charge in [0, 0.05) is 23.6 Å². The first-order valence-corrected chi connectivity index (χ1v) is 6.39. The van der Waals surface area contributed by atoms with E-state index in [1.165, 1.54) is 24.1 Å². The molecule has 0 atom stereocenters. The van der Waals surface area contributed by atoms with E-state index in [0.29, 0.717) is 0 Å². The summed E-state index contributed by atoms with van der Waals surface area (Å²) < 4.78 is 0. The third-order valence-corrected chi connectivity index (χ3v) is 4.30. The number of hydrogen-bond donors (Lipinski definition) is 2. The molecule has 0 bridgehead atoms. The zero-order valence-corrected chi connectivity index (χ0v) is 11.2. The van der Waals surface area contributed by atoms with Crippen LogP contribution in [0.1, 0.15) is 36.3 Å². The molecular formula is C11H19ClN2OS. The Morgan fingerprint density at radius 2 is 2.31 bits per heavy atom. The van der Waals surface area contributed by atoms with Gasteiger partial charge < -0.3 is 10.4 Å². The van der Waals surface area contributed by atoms with Gasteiger partial charge in [0.1, 0.15) is 0 Å². The lowest BCUT2D eigenvalue weighted by atomic mass is 9.74. The molecular weight excluding hydrogens is 244 g/mol. The number of rotatable bonds is 5. The van der Waals surface area contributed by atoms with Gasteiger partial charge in [-0.1, -0.05) is 0 Å². The molecule has 0 spiro atoms. The van der Waals surface area contributed by atoms with Crippen LogP contribution in [0.25, 0.3) is 0 Å². The molecule has 1 aliphatic carbocycles. The summed E-state index contributed by atoms with van der Waals surface area (Å²) >= 11 is 1.71. The zero-order valence-electron chi connectivity index (χ0n) is 9.53. The van der Waals surface area contributed by atoms with Gasteiger partial charge in [0.2, 0.25) is 0 Å². The largest absolute Gasteiger partial charge is 0.396 e. The number of aliphatic hydroxyl groups is 1. The molecule has 1 aromatic heterocycles. The summed E-state index contributed by atoms with van der Waals surface area (Å²) in [5.41, 5.74) is 3.24. The van der Waals surface area contributed by atoms with E-state index in [4.69, 9.17) is 5.11 Å². The number of thiazole rings is 1. The molecule has 0 aliphatic heterocycles. The monoisotopic (exact) mass is 262 g/mol. The summed E-state index contributed by atoms with van der Waals surface area (Å²) in [6.07, 6.45) is 4.57. The van der Waals surface area contributed by atoms with Crippen LogP contribution in [0.4, 0.5) is 0 Å². The van der Waals surface area contributed by atoms with Crippen molar-refractivity contribution < 1.29 is 5.11 Å². The summed E-state index contributed by atoms with van der Waals surface area (Å²) in [4.78, 5) is 5.55. The second kappa shape index (κ2) is 5.96. The van der Waals surface area contributed by atoms with E-state index < -0.39 is 0 Å². The van der Waals surface area contributed by atoms with E-state index >= 15 is 0 Å². The number of nitrogens with zero attached hydrogens (tertiary/aromatic N) is 1. The third kappa shape index (κ3) is 2.94. The van der Waals surface area contributed by atoms with Crippen LogP contribution in [-0.2, 0) is 6.54 Å². The average Bonchev–Trinajstić information content (AvgIpc) is 2.56. The first-order valence-electron chi connectivity index (χ1n) is 5.51. The fourth-order valence-corrected chi connectivity index (χ4v) is 2.81. The summed E-state index contributed by atoms with van der Waals surface area (Å²) in [6.45, 7) is 3.23. The van der Waals surface area contributed by atoms with Crippen LogP contribution < -0.4 is 5.32 Å². The highest BCUT2D eigenvalue weighted by Gasteiger charge is 2.35. The number of aliphatic hydroxyl groups excluding tert-OH is 1. The van der Waals surface area contributed by atoms with Gasteiger partial charge in [-0.25, -0.2) is 4.98 Å². The van der Waals surface area contributed by atoms with Gasteiger partial charge in [0.15, 0.2) is 0 Å². The standard InChI is InChI=1S/C11H18N2OS.ClH/c1-9-10(15-8-12-9)7-13-11(5-6-14)3-2-4-11;/h8,13-14H,2-7H2,1H3;1H. The molecule has 92 valence electrons. The molecule has 1 fully saturated rings. The maximum Gasteiger partial charge on any atom is 0.0798 e. The Bertz CT molecular complexity index is 326. The molecule has 0 amide bonds. The van der Waals surface area contributed by atoms with Crippen LogP contribution in [0.3, 0.4) is 0 Å². The van der Waals surface area contributed by atoms with Gasteiger partial charge in [0.25, 0.3) is 0 Å². The summed E-state index contributed by atoms with van der Waals surface area (Å²) in [7, 11) is 0. The predicted octanol–water partition coefficient (Wildman–Crippen LogP) is 2.27. The van der Waals surface area contributed by atoms with E-state index in [-0.39, 0.29) is 24.6 Å². The van der Waals surface area contributed by atoms with E-state index in [9.17, 15) is 0 Å². The van der Waals surface area contributed by atoms with Crippen molar-refractivity contribution in [1.82, 2.24) is 10.3 Å². The maximum absolute atomic E-state index is 9.03. The second-order valence-electron chi connectivity index (χ2n) is 4.32. The molecule has 1 heterocycles. The summed E-state index contributed by atoms with van der Waals surface area (Å²) in [6, 6.07) is 0. The Hall–Kier alpha value is -0.160. The molecule has 1 aliphatic rings.